The van der Waals surface area contributed by atoms with Crippen molar-refractivity contribution >= 4 is 5.78 Å². The zero-order valence-corrected chi connectivity index (χ0v) is 11.7. The summed E-state index contributed by atoms with van der Waals surface area (Å²) in [5.74, 6) is 0.862. The highest BCUT2D eigenvalue weighted by atomic mass is 16.1. The summed E-state index contributed by atoms with van der Waals surface area (Å²) in [6.07, 6.45) is 7.74. The van der Waals surface area contributed by atoms with Gasteiger partial charge in [0.2, 0.25) is 0 Å². The van der Waals surface area contributed by atoms with Crippen LogP contribution in [0.15, 0.2) is 18.2 Å². The van der Waals surface area contributed by atoms with Crippen LogP contribution in [0.3, 0.4) is 0 Å². The van der Waals surface area contributed by atoms with E-state index in [1.165, 1.54) is 36.0 Å². The van der Waals surface area contributed by atoms with Crippen LogP contribution in [0.5, 0.6) is 0 Å². The molecule has 0 N–H and O–H groups in total. The third-order valence-corrected chi connectivity index (χ3v) is 4.33. The second-order valence-corrected chi connectivity index (χ2v) is 5.67. The van der Waals surface area contributed by atoms with Crippen LogP contribution in [0.4, 0.5) is 0 Å². The topological polar surface area (TPSA) is 17.1 Å². The molecule has 0 bridgehead atoms. The highest BCUT2D eigenvalue weighted by molar-refractivity contribution is 5.81. The molecule has 0 aromatic heterocycles. The number of hydrogen-bond acceptors (Lipinski definition) is 1. The summed E-state index contributed by atoms with van der Waals surface area (Å²) in [5, 5.41) is 0. The van der Waals surface area contributed by atoms with Crippen molar-refractivity contribution in [3.63, 3.8) is 0 Å². The molecule has 1 aromatic rings. The summed E-state index contributed by atoms with van der Waals surface area (Å²) >= 11 is 0. The number of aryl methyl sites for hydroxylation is 2. The molecule has 1 fully saturated rings. The van der Waals surface area contributed by atoms with Crippen molar-refractivity contribution in [3.05, 3.63) is 34.9 Å². The molecular weight excluding hydrogens is 220 g/mol. The first-order chi connectivity index (χ1) is 8.68. The average Bonchev–Trinajstić information content (AvgIpc) is 2.39. The predicted octanol–water partition coefficient (Wildman–Crippen LogP) is 4.39. The van der Waals surface area contributed by atoms with Gasteiger partial charge in [0.1, 0.15) is 5.78 Å². The number of carbonyl (C=O) groups is 1. The van der Waals surface area contributed by atoms with E-state index in [4.69, 9.17) is 0 Å². The summed E-state index contributed by atoms with van der Waals surface area (Å²) in [7, 11) is 0. The Morgan fingerprint density at radius 1 is 1.11 bits per heavy atom. The Labute approximate surface area is 111 Å². The van der Waals surface area contributed by atoms with Gasteiger partial charge in [-0.15, -0.1) is 0 Å². The van der Waals surface area contributed by atoms with E-state index in [-0.39, 0.29) is 0 Å². The minimum atomic E-state index is 0.364. The Bertz CT molecular complexity index is 393. The van der Waals surface area contributed by atoms with Crippen LogP contribution < -0.4 is 0 Å². The fourth-order valence-electron chi connectivity index (χ4n) is 3.12. The Morgan fingerprint density at radius 2 is 1.72 bits per heavy atom. The van der Waals surface area contributed by atoms with Gasteiger partial charge >= 0.3 is 0 Å². The van der Waals surface area contributed by atoms with Crippen molar-refractivity contribution < 1.29 is 4.79 Å². The van der Waals surface area contributed by atoms with Crippen molar-refractivity contribution in [2.24, 2.45) is 5.92 Å². The van der Waals surface area contributed by atoms with Crippen LogP contribution >= 0.6 is 0 Å². The fraction of sp³-hybridized carbons (Fsp3) is 0.588. The van der Waals surface area contributed by atoms with Crippen molar-refractivity contribution in [1.82, 2.24) is 0 Å². The molecule has 98 valence electrons. The highest BCUT2D eigenvalue weighted by Gasteiger charge is 2.20. The summed E-state index contributed by atoms with van der Waals surface area (Å²) < 4.78 is 0. The van der Waals surface area contributed by atoms with Gasteiger partial charge in [-0.05, 0) is 49.8 Å². The van der Waals surface area contributed by atoms with E-state index >= 15 is 0 Å². The van der Waals surface area contributed by atoms with Crippen LogP contribution in [0, 0.1) is 19.8 Å². The molecule has 1 aromatic carbocycles. The van der Waals surface area contributed by atoms with E-state index in [1.807, 2.05) is 0 Å². The van der Waals surface area contributed by atoms with E-state index in [1.54, 1.807) is 0 Å². The van der Waals surface area contributed by atoms with E-state index < -0.39 is 0 Å². The zero-order valence-electron chi connectivity index (χ0n) is 11.7. The first-order valence-corrected chi connectivity index (χ1v) is 7.26. The molecule has 1 nitrogen and oxygen atoms in total. The van der Waals surface area contributed by atoms with Crippen molar-refractivity contribution in [2.45, 2.75) is 58.8 Å². The molecule has 0 heterocycles. The molecule has 0 aliphatic heterocycles. The molecule has 1 aliphatic rings. The number of rotatable bonds is 4. The third kappa shape index (κ3) is 3.22. The summed E-state index contributed by atoms with van der Waals surface area (Å²) in [4.78, 5) is 12.2. The summed E-state index contributed by atoms with van der Waals surface area (Å²) in [5.41, 5.74) is 4.03. The lowest BCUT2D eigenvalue weighted by atomic mass is 9.84. The van der Waals surface area contributed by atoms with Gasteiger partial charge in [0.25, 0.3) is 0 Å². The number of benzene rings is 1. The minimum Gasteiger partial charge on any atom is -0.299 e. The van der Waals surface area contributed by atoms with Crippen molar-refractivity contribution in [3.8, 4) is 0 Å². The van der Waals surface area contributed by atoms with Gasteiger partial charge in [-0.3, -0.25) is 4.79 Å². The Morgan fingerprint density at radius 3 is 2.33 bits per heavy atom. The number of carbonyl (C=O) groups excluding carboxylic acids is 1. The maximum atomic E-state index is 12.2. The third-order valence-electron chi connectivity index (χ3n) is 4.33. The van der Waals surface area contributed by atoms with Crippen molar-refractivity contribution in [1.29, 1.82) is 0 Å². The second-order valence-electron chi connectivity index (χ2n) is 5.67. The molecule has 0 amide bonds. The zero-order chi connectivity index (χ0) is 13.0. The number of hydrogen-bond donors (Lipinski definition) is 0. The summed E-state index contributed by atoms with van der Waals surface area (Å²) in [6, 6.07) is 6.39. The van der Waals surface area contributed by atoms with Crippen LogP contribution in [-0.2, 0) is 11.2 Å². The molecule has 0 atom stereocenters. The lowest BCUT2D eigenvalue weighted by Gasteiger charge is -2.20. The van der Waals surface area contributed by atoms with Crippen molar-refractivity contribution in [2.75, 3.05) is 0 Å². The molecular formula is C17H24O. The van der Waals surface area contributed by atoms with Gasteiger partial charge < -0.3 is 0 Å². The normalized spacial score (nSPS) is 16.8. The first kappa shape index (κ1) is 13.3. The maximum Gasteiger partial charge on any atom is 0.136 e. The van der Waals surface area contributed by atoms with Crippen LogP contribution in [-0.4, -0.2) is 5.78 Å². The average molecular weight is 244 g/mol. The molecule has 1 aliphatic carbocycles. The number of Topliss-reactive ketones (excluding diaryl/α,β-unsaturated/α-hetero) is 1. The Hall–Kier alpha value is -1.11. The standard InChI is InChI=1S/C17H24O/c1-13-7-6-8-14(2)16(13)11-12-17(18)15-9-4-3-5-10-15/h6-8,15H,3-5,9-12H2,1-2H3. The largest absolute Gasteiger partial charge is 0.299 e. The predicted molar refractivity (Wildman–Crippen MR) is 75.8 cm³/mol. The second kappa shape index (κ2) is 6.17. The van der Waals surface area contributed by atoms with Crippen LogP contribution in [0.25, 0.3) is 0 Å². The SMILES string of the molecule is Cc1cccc(C)c1CCC(=O)C1CCCCC1. The molecule has 1 heteroatoms. The smallest absolute Gasteiger partial charge is 0.136 e. The molecule has 1 saturated carbocycles. The van der Waals surface area contributed by atoms with E-state index in [0.717, 1.165) is 25.7 Å². The maximum absolute atomic E-state index is 12.2. The molecule has 2 rings (SSSR count). The van der Waals surface area contributed by atoms with E-state index in [2.05, 4.69) is 32.0 Å². The Balaban J connectivity index is 1.92. The monoisotopic (exact) mass is 244 g/mol. The van der Waals surface area contributed by atoms with Gasteiger partial charge in [-0.1, -0.05) is 37.5 Å². The van der Waals surface area contributed by atoms with E-state index in [0.29, 0.717) is 11.7 Å². The van der Waals surface area contributed by atoms with Gasteiger partial charge in [0, 0.05) is 12.3 Å². The van der Waals surface area contributed by atoms with Gasteiger partial charge in [0.15, 0.2) is 0 Å². The lowest BCUT2D eigenvalue weighted by Crippen LogP contribution is -2.18. The van der Waals surface area contributed by atoms with Crippen LogP contribution in [0.1, 0.15) is 55.2 Å². The van der Waals surface area contributed by atoms with Gasteiger partial charge in [-0.25, -0.2) is 0 Å². The fourth-order valence-corrected chi connectivity index (χ4v) is 3.12. The highest BCUT2D eigenvalue weighted by Crippen LogP contribution is 2.26. The van der Waals surface area contributed by atoms with Gasteiger partial charge in [-0.2, -0.15) is 0 Å². The molecule has 0 saturated heterocycles. The first-order valence-electron chi connectivity index (χ1n) is 7.26. The minimum absolute atomic E-state index is 0.364. The molecule has 0 spiro atoms. The quantitative estimate of drug-likeness (QED) is 0.768. The summed E-state index contributed by atoms with van der Waals surface area (Å²) in [6.45, 7) is 4.29. The van der Waals surface area contributed by atoms with E-state index in [9.17, 15) is 4.79 Å². The van der Waals surface area contributed by atoms with Crippen LogP contribution in [0.2, 0.25) is 0 Å². The molecule has 0 radical (unpaired) electrons. The molecule has 0 unspecified atom stereocenters. The molecule has 18 heavy (non-hydrogen) atoms. The van der Waals surface area contributed by atoms with Gasteiger partial charge in [0.05, 0.1) is 0 Å². The number of ketones is 1. The Kier molecular flexibility index (Phi) is 4.57. The lowest BCUT2D eigenvalue weighted by molar-refractivity contribution is -0.123.